The molecule has 0 aromatic heterocycles. The highest BCUT2D eigenvalue weighted by molar-refractivity contribution is 6.19. The van der Waals surface area contributed by atoms with Gasteiger partial charge in [0, 0.05) is 18.0 Å². The fourth-order valence-electron chi connectivity index (χ4n) is 2.90. The summed E-state index contributed by atoms with van der Waals surface area (Å²) in [6, 6.07) is 16.6. The number of benzene rings is 2. The Kier molecular flexibility index (Phi) is 4.26. The number of hydrogen-bond donors (Lipinski definition) is 0. The lowest BCUT2D eigenvalue weighted by atomic mass is 9.95. The third kappa shape index (κ3) is 2.96. The maximum atomic E-state index is 12.5. The molecule has 0 saturated heterocycles. The number of amides is 1. The Morgan fingerprint density at radius 2 is 1.57 bits per heavy atom. The number of aryl methyl sites for hydroxylation is 2. The lowest BCUT2D eigenvalue weighted by molar-refractivity contribution is -0.118. The van der Waals surface area contributed by atoms with Crippen LogP contribution in [-0.2, 0) is 24.2 Å². The van der Waals surface area contributed by atoms with Crippen LogP contribution >= 0.6 is 11.6 Å². The first-order valence-corrected chi connectivity index (χ1v) is 7.84. The number of carbonyl (C=O) groups is 1. The number of para-hydroxylation sites is 1. The molecule has 0 bridgehead atoms. The average molecular weight is 300 g/mol. The first-order chi connectivity index (χ1) is 10.3. The molecule has 0 aliphatic carbocycles. The van der Waals surface area contributed by atoms with E-state index >= 15 is 0 Å². The summed E-state index contributed by atoms with van der Waals surface area (Å²) in [7, 11) is 0. The molecule has 2 aromatic carbocycles. The zero-order chi connectivity index (χ0) is 14.7. The summed E-state index contributed by atoms with van der Waals surface area (Å²) in [5.41, 5.74) is 4.82. The lowest BCUT2D eigenvalue weighted by Crippen LogP contribution is -2.32. The minimum atomic E-state index is 0.0918. The Morgan fingerprint density at radius 1 is 0.952 bits per heavy atom. The fraction of sp³-hybridized carbons (Fsp3) is 0.278. The minimum absolute atomic E-state index is 0.0918. The molecule has 3 heteroatoms. The van der Waals surface area contributed by atoms with Crippen LogP contribution < -0.4 is 4.90 Å². The molecule has 1 heterocycles. The van der Waals surface area contributed by atoms with Gasteiger partial charge in [-0.3, -0.25) is 4.79 Å². The smallest absolute Gasteiger partial charge is 0.228 e. The van der Waals surface area contributed by atoms with E-state index in [1.54, 1.807) is 0 Å². The van der Waals surface area contributed by atoms with Gasteiger partial charge in [-0.15, -0.1) is 11.6 Å². The molecular weight excluding hydrogens is 282 g/mol. The second-order valence-electron chi connectivity index (χ2n) is 5.32. The molecule has 1 amide bonds. The van der Waals surface area contributed by atoms with Crippen LogP contribution in [0.2, 0.25) is 0 Å². The van der Waals surface area contributed by atoms with Crippen molar-refractivity contribution in [3.8, 4) is 0 Å². The summed E-state index contributed by atoms with van der Waals surface area (Å²) in [6.45, 7) is 0.628. The van der Waals surface area contributed by atoms with Crippen molar-refractivity contribution in [3.63, 3.8) is 0 Å². The highest BCUT2D eigenvalue weighted by Crippen LogP contribution is 2.28. The number of nitrogens with zero attached hydrogens (tertiary/aromatic N) is 1. The molecule has 21 heavy (non-hydrogen) atoms. The highest BCUT2D eigenvalue weighted by Gasteiger charge is 2.21. The molecule has 0 spiro atoms. The van der Waals surface area contributed by atoms with Crippen molar-refractivity contribution >= 4 is 23.2 Å². The summed E-state index contributed by atoms with van der Waals surface area (Å²) in [5.74, 6) is 0.452. The molecule has 0 saturated carbocycles. The number of carbonyl (C=O) groups excluding carboxylic acids is 1. The van der Waals surface area contributed by atoms with Crippen molar-refractivity contribution in [2.24, 2.45) is 0 Å². The van der Waals surface area contributed by atoms with Crippen molar-refractivity contribution in [1.82, 2.24) is 0 Å². The van der Waals surface area contributed by atoms with E-state index in [9.17, 15) is 4.79 Å². The zero-order valence-corrected chi connectivity index (χ0v) is 12.6. The van der Waals surface area contributed by atoms with E-state index in [1.165, 1.54) is 16.7 Å². The van der Waals surface area contributed by atoms with Crippen LogP contribution in [0.1, 0.15) is 23.1 Å². The number of anilines is 1. The molecule has 1 aliphatic rings. The molecule has 0 N–H and O–H groups in total. The first kappa shape index (κ1) is 14.2. The number of rotatable bonds is 2. The third-order valence-electron chi connectivity index (χ3n) is 4.00. The van der Waals surface area contributed by atoms with Crippen LogP contribution in [0.4, 0.5) is 5.69 Å². The molecule has 0 fully saturated rings. The number of alkyl halides is 1. The summed E-state index contributed by atoms with van der Waals surface area (Å²) in [5, 5.41) is 0. The molecule has 0 radical (unpaired) electrons. The summed E-state index contributed by atoms with van der Waals surface area (Å²) in [4.78, 5) is 14.4. The highest BCUT2D eigenvalue weighted by atomic mass is 35.5. The van der Waals surface area contributed by atoms with Gasteiger partial charge in [0.2, 0.25) is 5.91 Å². The van der Waals surface area contributed by atoms with Gasteiger partial charge in [0.25, 0.3) is 0 Å². The van der Waals surface area contributed by atoms with E-state index in [-0.39, 0.29) is 5.91 Å². The first-order valence-electron chi connectivity index (χ1n) is 7.30. The van der Waals surface area contributed by atoms with Gasteiger partial charge in [-0.05, 0) is 35.6 Å². The molecule has 2 aromatic rings. The number of halogens is 1. The topological polar surface area (TPSA) is 20.3 Å². The van der Waals surface area contributed by atoms with Crippen molar-refractivity contribution in [2.75, 3.05) is 10.8 Å². The molecule has 0 atom stereocenters. The van der Waals surface area contributed by atoms with Gasteiger partial charge in [-0.1, -0.05) is 42.5 Å². The van der Waals surface area contributed by atoms with E-state index in [4.69, 9.17) is 11.6 Å². The SMILES string of the molecule is O=C(CCCl)N1Cc2ccccc2CCc2ccccc21. The zero-order valence-electron chi connectivity index (χ0n) is 11.9. The van der Waals surface area contributed by atoms with Crippen molar-refractivity contribution in [2.45, 2.75) is 25.8 Å². The van der Waals surface area contributed by atoms with E-state index < -0.39 is 0 Å². The monoisotopic (exact) mass is 299 g/mol. The third-order valence-corrected chi connectivity index (χ3v) is 4.19. The molecule has 0 unspecified atom stereocenters. The predicted molar refractivity (Wildman–Crippen MR) is 86.8 cm³/mol. The quantitative estimate of drug-likeness (QED) is 0.769. The van der Waals surface area contributed by atoms with Gasteiger partial charge >= 0.3 is 0 Å². The van der Waals surface area contributed by atoms with Crippen LogP contribution in [0.3, 0.4) is 0 Å². The van der Waals surface area contributed by atoms with Gasteiger partial charge in [-0.2, -0.15) is 0 Å². The normalized spacial score (nSPS) is 13.9. The number of hydrogen-bond acceptors (Lipinski definition) is 1. The van der Waals surface area contributed by atoms with Crippen LogP contribution in [0.15, 0.2) is 48.5 Å². The fourth-order valence-corrected chi connectivity index (χ4v) is 3.07. The standard InChI is InChI=1S/C18H18ClNO/c19-12-11-18(21)20-13-16-7-2-1-5-14(16)9-10-15-6-3-4-8-17(15)20/h1-8H,9-13H2. The maximum Gasteiger partial charge on any atom is 0.228 e. The van der Waals surface area contributed by atoms with Crippen molar-refractivity contribution in [3.05, 3.63) is 65.2 Å². The number of fused-ring (bicyclic) bond motifs is 2. The van der Waals surface area contributed by atoms with E-state index in [0.717, 1.165) is 18.5 Å². The average Bonchev–Trinajstić information content (AvgIpc) is 2.50. The van der Waals surface area contributed by atoms with Crippen LogP contribution in [0, 0.1) is 0 Å². The van der Waals surface area contributed by atoms with Gasteiger partial charge in [0.1, 0.15) is 0 Å². The Morgan fingerprint density at radius 3 is 2.33 bits per heavy atom. The minimum Gasteiger partial charge on any atom is -0.308 e. The molecule has 1 aliphatic heterocycles. The van der Waals surface area contributed by atoms with Gasteiger partial charge in [0.05, 0.1) is 6.54 Å². The van der Waals surface area contributed by atoms with Gasteiger partial charge in [0.15, 0.2) is 0 Å². The van der Waals surface area contributed by atoms with Crippen molar-refractivity contribution < 1.29 is 4.79 Å². The van der Waals surface area contributed by atoms with Gasteiger partial charge in [-0.25, -0.2) is 0 Å². The largest absolute Gasteiger partial charge is 0.308 e. The van der Waals surface area contributed by atoms with Gasteiger partial charge < -0.3 is 4.90 Å². The van der Waals surface area contributed by atoms with Crippen LogP contribution in [0.5, 0.6) is 0 Å². The Hall–Kier alpha value is -1.80. The van der Waals surface area contributed by atoms with E-state index in [0.29, 0.717) is 18.8 Å². The summed E-state index contributed by atoms with van der Waals surface area (Å²) >= 11 is 5.77. The van der Waals surface area contributed by atoms with Crippen molar-refractivity contribution in [1.29, 1.82) is 0 Å². The molecule has 108 valence electrons. The van der Waals surface area contributed by atoms with Crippen LogP contribution in [-0.4, -0.2) is 11.8 Å². The van der Waals surface area contributed by atoms with Crippen LogP contribution in [0.25, 0.3) is 0 Å². The Labute approximate surface area is 130 Å². The van der Waals surface area contributed by atoms with E-state index in [2.05, 4.69) is 24.3 Å². The Balaban J connectivity index is 2.04. The van der Waals surface area contributed by atoms with E-state index in [1.807, 2.05) is 29.2 Å². The molecule has 2 nitrogen and oxygen atoms in total. The molecular formula is C18H18ClNO. The predicted octanol–water partition coefficient (Wildman–Crippen LogP) is 3.95. The summed E-state index contributed by atoms with van der Waals surface area (Å²) < 4.78 is 0. The Bertz CT molecular complexity index is 653. The maximum absolute atomic E-state index is 12.5. The lowest BCUT2D eigenvalue weighted by Gasteiger charge is -2.28. The second-order valence-corrected chi connectivity index (χ2v) is 5.69. The second kappa shape index (κ2) is 6.31. The summed E-state index contributed by atoms with van der Waals surface area (Å²) in [6.07, 6.45) is 2.35. The molecule has 3 rings (SSSR count).